The minimum atomic E-state index is -0.127. The van der Waals surface area contributed by atoms with Crippen LogP contribution in [-0.2, 0) is 11.3 Å². The van der Waals surface area contributed by atoms with Gasteiger partial charge in [-0.3, -0.25) is 9.69 Å². The summed E-state index contributed by atoms with van der Waals surface area (Å²) in [5, 5.41) is 13.4. The van der Waals surface area contributed by atoms with Gasteiger partial charge in [-0.15, -0.1) is 21.5 Å². The average Bonchev–Trinajstić information content (AvgIpc) is 3.21. The Balaban J connectivity index is 1.34. The molecule has 0 unspecified atom stereocenters. The van der Waals surface area contributed by atoms with Gasteiger partial charge in [-0.05, 0) is 12.1 Å². The second-order valence-electron chi connectivity index (χ2n) is 5.77. The van der Waals surface area contributed by atoms with Gasteiger partial charge in [0.2, 0.25) is 16.2 Å². The maximum atomic E-state index is 11.1. The van der Waals surface area contributed by atoms with Crippen LogP contribution in [0.4, 0.5) is 10.3 Å². The molecule has 0 radical (unpaired) electrons. The fraction of sp³-hybridized carbons (Fsp3) is 0.400. The molecular weight excluding hydrogens is 358 g/mol. The first-order valence-electron chi connectivity index (χ1n) is 7.96. The van der Waals surface area contributed by atoms with Gasteiger partial charge in [0.1, 0.15) is 5.01 Å². The zero-order valence-corrected chi connectivity index (χ0v) is 15.3. The van der Waals surface area contributed by atoms with Crippen LogP contribution in [0.1, 0.15) is 11.9 Å². The second-order valence-corrected chi connectivity index (χ2v) is 7.84. The minimum Gasteiger partial charge on any atom is -0.344 e. The van der Waals surface area contributed by atoms with E-state index in [4.69, 9.17) is 0 Å². The van der Waals surface area contributed by atoms with Gasteiger partial charge in [-0.1, -0.05) is 11.3 Å². The lowest BCUT2D eigenvalue weighted by Gasteiger charge is -2.33. The zero-order valence-electron chi connectivity index (χ0n) is 13.7. The smallest absolute Gasteiger partial charge is 0.223 e. The highest BCUT2D eigenvalue weighted by Crippen LogP contribution is 2.26. The molecule has 130 valence electrons. The lowest BCUT2D eigenvalue weighted by atomic mass is 10.3. The van der Waals surface area contributed by atoms with Gasteiger partial charge in [0, 0.05) is 39.3 Å². The maximum Gasteiger partial charge on any atom is 0.223 e. The molecule has 25 heavy (non-hydrogen) atoms. The number of piperazine rings is 1. The number of fused-ring (bicyclic) bond motifs is 1. The molecule has 0 bridgehead atoms. The number of hydrogen-bond donors (Lipinski definition) is 1. The van der Waals surface area contributed by atoms with Crippen molar-refractivity contribution in [2.45, 2.75) is 13.5 Å². The zero-order chi connectivity index (χ0) is 17.2. The Bertz CT molecular complexity index is 852. The number of rotatable bonds is 4. The SMILES string of the molecule is CC(=O)Nc1nnc(N2CCN(Cc3nc4ncccc4s3)CC2)s1. The second kappa shape index (κ2) is 6.98. The number of amides is 1. The molecule has 8 nitrogen and oxygen atoms in total. The normalized spacial score (nSPS) is 15.6. The molecular formula is C15H17N7OS2. The largest absolute Gasteiger partial charge is 0.344 e. The Morgan fingerprint density at radius 1 is 1.24 bits per heavy atom. The number of carbonyl (C=O) groups excluding carboxylic acids is 1. The van der Waals surface area contributed by atoms with E-state index in [2.05, 4.69) is 41.3 Å². The van der Waals surface area contributed by atoms with Gasteiger partial charge in [0.25, 0.3) is 0 Å². The molecule has 3 aromatic rings. The summed E-state index contributed by atoms with van der Waals surface area (Å²) < 4.78 is 1.13. The number of nitrogens with one attached hydrogen (secondary N) is 1. The van der Waals surface area contributed by atoms with E-state index >= 15 is 0 Å². The van der Waals surface area contributed by atoms with E-state index in [0.29, 0.717) is 5.13 Å². The molecule has 0 spiro atoms. The van der Waals surface area contributed by atoms with Gasteiger partial charge in [0.05, 0.1) is 11.2 Å². The molecule has 1 amide bonds. The first kappa shape index (κ1) is 16.3. The molecule has 1 aliphatic heterocycles. The van der Waals surface area contributed by atoms with Crippen molar-refractivity contribution in [1.29, 1.82) is 0 Å². The standard InChI is InChI=1S/C15H17N7OS2/c1-10(23)17-14-19-20-15(25-14)22-7-5-21(6-8-22)9-12-18-13-11(24-12)3-2-4-16-13/h2-4H,5-9H2,1H3,(H,17,19,23). The van der Waals surface area contributed by atoms with Crippen molar-refractivity contribution >= 4 is 49.2 Å². The van der Waals surface area contributed by atoms with Crippen molar-refractivity contribution < 1.29 is 4.79 Å². The number of thiazole rings is 1. The van der Waals surface area contributed by atoms with Crippen LogP contribution in [0.5, 0.6) is 0 Å². The molecule has 1 fully saturated rings. The molecule has 1 N–H and O–H groups in total. The number of anilines is 2. The summed E-state index contributed by atoms with van der Waals surface area (Å²) in [6.45, 7) is 5.98. The van der Waals surface area contributed by atoms with Crippen molar-refractivity contribution in [3.05, 3.63) is 23.3 Å². The van der Waals surface area contributed by atoms with Crippen molar-refractivity contribution in [2.75, 3.05) is 36.4 Å². The number of pyridine rings is 1. The first-order valence-corrected chi connectivity index (χ1v) is 9.59. The van der Waals surface area contributed by atoms with Crippen LogP contribution in [0.15, 0.2) is 18.3 Å². The number of carbonyl (C=O) groups is 1. The summed E-state index contributed by atoms with van der Waals surface area (Å²) >= 11 is 3.12. The van der Waals surface area contributed by atoms with Crippen LogP contribution in [0.25, 0.3) is 10.3 Å². The van der Waals surface area contributed by atoms with E-state index in [1.165, 1.54) is 18.3 Å². The monoisotopic (exact) mass is 375 g/mol. The topological polar surface area (TPSA) is 87.1 Å². The minimum absolute atomic E-state index is 0.127. The van der Waals surface area contributed by atoms with Crippen molar-refractivity contribution in [1.82, 2.24) is 25.1 Å². The Morgan fingerprint density at radius 2 is 2.08 bits per heavy atom. The summed E-state index contributed by atoms with van der Waals surface area (Å²) in [6.07, 6.45) is 1.78. The third-order valence-electron chi connectivity index (χ3n) is 3.91. The van der Waals surface area contributed by atoms with E-state index in [1.54, 1.807) is 17.5 Å². The molecule has 3 aromatic heterocycles. The summed E-state index contributed by atoms with van der Waals surface area (Å²) in [4.78, 5) is 24.6. The molecule has 0 aliphatic carbocycles. The number of aromatic nitrogens is 4. The average molecular weight is 375 g/mol. The molecule has 0 aromatic carbocycles. The highest BCUT2D eigenvalue weighted by molar-refractivity contribution is 7.19. The van der Waals surface area contributed by atoms with Crippen LogP contribution < -0.4 is 10.2 Å². The van der Waals surface area contributed by atoms with Crippen LogP contribution in [0, 0.1) is 0 Å². The maximum absolute atomic E-state index is 11.1. The third-order valence-corrected chi connectivity index (χ3v) is 5.80. The Morgan fingerprint density at radius 3 is 2.84 bits per heavy atom. The fourth-order valence-electron chi connectivity index (χ4n) is 2.71. The number of hydrogen-bond acceptors (Lipinski definition) is 9. The van der Waals surface area contributed by atoms with Crippen LogP contribution in [0.2, 0.25) is 0 Å². The summed E-state index contributed by atoms with van der Waals surface area (Å²) in [5.41, 5.74) is 0.834. The van der Waals surface area contributed by atoms with Crippen LogP contribution in [-0.4, -0.2) is 57.2 Å². The third kappa shape index (κ3) is 3.75. The first-order chi connectivity index (χ1) is 12.2. The Hall–Kier alpha value is -2.17. The van der Waals surface area contributed by atoms with E-state index in [1.807, 2.05) is 6.07 Å². The van der Waals surface area contributed by atoms with Gasteiger partial charge in [-0.25, -0.2) is 9.97 Å². The van der Waals surface area contributed by atoms with E-state index < -0.39 is 0 Å². The van der Waals surface area contributed by atoms with Crippen LogP contribution >= 0.6 is 22.7 Å². The molecule has 1 saturated heterocycles. The molecule has 10 heteroatoms. The van der Waals surface area contributed by atoms with E-state index in [-0.39, 0.29) is 5.91 Å². The van der Waals surface area contributed by atoms with Gasteiger partial charge in [0.15, 0.2) is 5.65 Å². The predicted octanol–water partition coefficient (Wildman–Crippen LogP) is 1.82. The van der Waals surface area contributed by atoms with Gasteiger partial charge >= 0.3 is 0 Å². The molecule has 0 saturated carbocycles. The van der Waals surface area contributed by atoms with Gasteiger partial charge in [-0.2, -0.15) is 0 Å². The number of nitrogens with zero attached hydrogens (tertiary/aromatic N) is 6. The fourth-order valence-corrected chi connectivity index (χ4v) is 4.53. The highest BCUT2D eigenvalue weighted by atomic mass is 32.1. The van der Waals surface area contributed by atoms with Crippen molar-refractivity contribution in [2.24, 2.45) is 0 Å². The summed E-state index contributed by atoms with van der Waals surface area (Å²) in [5.74, 6) is -0.127. The van der Waals surface area contributed by atoms with E-state index in [9.17, 15) is 4.79 Å². The lowest BCUT2D eigenvalue weighted by molar-refractivity contribution is -0.114. The molecule has 0 atom stereocenters. The molecule has 4 heterocycles. The predicted molar refractivity (Wildman–Crippen MR) is 99.1 cm³/mol. The Labute approximate surface area is 152 Å². The Kier molecular flexibility index (Phi) is 4.55. The summed E-state index contributed by atoms with van der Waals surface area (Å²) in [6, 6.07) is 4.00. The lowest BCUT2D eigenvalue weighted by Crippen LogP contribution is -2.45. The van der Waals surface area contributed by atoms with Crippen molar-refractivity contribution in [3.8, 4) is 0 Å². The van der Waals surface area contributed by atoms with Gasteiger partial charge < -0.3 is 10.2 Å². The van der Waals surface area contributed by atoms with Crippen LogP contribution in [0.3, 0.4) is 0 Å². The van der Waals surface area contributed by atoms with Crippen molar-refractivity contribution in [3.63, 3.8) is 0 Å². The molecule has 1 aliphatic rings. The summed E-state index contributed by atoms with van der Waals surface area (Å²) in [7, 11) is 0. The quantitative estimate of drug-likeness (QED) is 0.744. The van der Waals surface area contributed by atoms with E-state index in [0.717, 1.165) is 53.2 Å². The highest BCUT2D eigenvalue weighted by Gasteiger charge is 2.21. The molecule has 4 rings (SSSR count).